The summed E-state index contributed by atoms with van der Waals surface area (Å²) in [7, 11) is 1.56. The highest BCUT2D eigenvalue weighted by Gasteiger charge is 2.40. The number of halogens is 1. The van der Waals surface area contributed by atoms with Crippen LogP contribution in [0.25, 0.3) is 0 Å². The zero-order valence-corrected chi connectivity index (χ0v) is 12.7. The summed E-state index contributed by atoms with van der Waals surface area (Å²) in [6, 6.07) is 5.07. The van der Waals surface area contributed by atoms with Gasteiger partial charge in [-0.3, -0.25) is 4.79 Å². The lowest BCUT2D eigenvalue weighted by atomic mass is 10.3. The number of carbonyl (C=O) groups excluding carboxylic acids is 1. The Balaban J connectivity index is 1.90. The lowest BCUT2D eigenvalue weighted by Gasteiger charge is -2.04. The van der Waals surface area contributed by atoms with Gasteiger partial charge < -0.3 is 14.8 Å². The summed E-state index contributed by atoms with van der Waals surface area (Å²) in [5.74, 6) is 1.11. The van der Waals surface area contributed by atoms with Gasteiger partial charge in [0, 0.05) is 35.3 Å². The van der Waals surface area contributed by atoms with Crippen LogP contribution in [0.5, 0.6) is 11.5 Å². The minimum Gasteiger partial charge on any atom is -0.497 e. The summed E-state index contributed by atoms with van der Waals surface area (Å²) in [4.78, 5) is 23.3. The second-order valence-corrected chi connectivity index (χ2v) is 5.10. The minimum atomic E-state index is -0.610. The number of hydrogen-bond acceptors (Lipinski definition) is 4. The van der Waals surface area contributed by atoms with Gasteiger partial charge in [0.25, 0.3) is 0 Å². The topological polar surface area (TPSA) is 67.6 Å². The van der Waals surface area contributed by atoms with Crippen molar-refractivity contribution in [1.29, 1.82) is 0 Å². The molecule has 0 aromatic heterocycles. The molecule has 1 aliphatic heterocycles. The summed E-state index contributed by atoms with van der Waals surface area (Å²) >= 11 is 3.20. The van der Waals surface area contributed by atoms with Crippen LogP contribution in [-0.4, -0.2) is 35.9 Å². The summed E-state index contributed by atoms with van der Waals surface area (Å²) in [6.45, 7) is 0.403. The van der Waals surface area contributed by atoms with Crippen LogP contribution in [0, 0.1) is 4.91 Å². The summed E-state index contributed by atoms with van der Waals surface area (Å²) in [6.07, 6.45) is 0.236. The molecule has 1 aromatic carbocycles. The van der Waals surface area contributed by atoms with E-state index in [-0.39, 0.29) is 5.91 Å². The number of alkyl halides is 1. The minimum absolute atomic E-state index is 0.0449. The number of nitrogens with one attached hydrogen (secondary N) is 1. The second-order valence-electron chi connectivity index (χ2n) is 4.31. The molecule has 6 nitrogen and oxygen atoms in total. The molecule has 0 saturated carbocycles. The number of methoxy groups -OCH3 is 1. The fourth-order valence-electron chi connectivity index (χ4n) is 1.93. The van der Waals surface area contributed by atoms with Gasteiger partial charge in [-0.25, -0.2) is 0 Å². The van der Waals surface area contributed by atoms with Crippen LogP contribution in [-0.2, 0) is 4.79 Å². The van der Waals surface area contributed by atoms with Crippen molar-refractivity contribution in [1.82, 2.24) is 5.32 Å². The van der Waals surface area contributed by atoms with Crippen LogP contribution in [0.1, 0.15) is 12.8 Å². The molecule has 0 saturated heterocycles. The number of ether oxygens (including phenoxy) is 2. The van der Waals surface area contributed by atoms with Crippen molar-refractivity contribution in [3.05, 3.63) is 23.1 Å². The Morgan fingerprint density at radius 2 is 2.35 bits per heavy atom. The molecule has 1 aromatic rings. The first kappa shape index (κ1) is 14.8. The van der Waals surface area contributed by atoms with Gasteiger partial charge in [-0.05, 0) is 6.07 Å². The number of amides is 1. The average Bonchev–Trinajstić information content (AvgIpc) is 2.75. The van der Waals surface area contributed by atoms with Crippen LogP contribution >= 0.6 is 15.9 Å². The molecule has 1 N–H and O–H groups in total. The summed E-state index contributed by atoms with van der Waals surface area (Å²) in [5.41, 5.74) is 0.489. The quantitative estimate of drug-likeness (QED) is 0.634. The first-order valence-electron chi connectivity index (χ1n) is 6.29. The number of nitrogens with zero attached hydrogens (tertiary/aromatic N) is 1. The zero-order chi connectivity index (χ0) is 14.5. The number of nitroso groups, excluding NO2 is 1. The Hall–Kier alpha value is -1.63. The molecule has 0 aliphatic carbocycles. The SMILES string of the molecule is COc1ccc2c(c1)OC(CCNC(=O)CCBr)[N+]2=O. The zero-order valence-electron chi connectivity index (χ0n) is 11.1. The van der Waals surface area contributed by atoms with Crippen LogP contribution in [0.2, 0.25) is 0 Å². The van der Waals surface area contributed by atoms with Crippen LogP contribution in [0.3, 0.4) is 0 Å². The molecule has 1 aliphatic rings. The maximum atomic E-state index is 12.0. The van der Waals surface area contributed by atoms with E-state index in [0.29, 0.717) is 41.9 Å². The van der Waals surface area contributed by atoms with E-state index >= 15 is 0 Å². The highest BCUT2D eigenvalue weighted by Crippen LogP contribution is 2.38. The van der Waals surface area contributed by atoms with E-state index in [1.54, 1.807) is 25.3 Å². The molecule has 0 bridgehead atoms. The molecule has 108 valence electrons. The highest BCUT2D eigenvalue weighted by molar-refractivity contribution is 9.09. The molecule has 20 heavy (non-hydrogen) atoms. The van der Waals surface area contributed by atoms with Crippen LogP contribution in [0.4, 0.5) is 5.69 Å². The van der Waals surface area contributed by atoms with E-state index in [1.807, 2.05) is 0 Å². The Kier molecular flexibility index (Phi) is 4.94. The van der Waals surface area contributed by atoms with Gasteiger partial charge in [0.1, 0.15) is 5.75 Å². The molecule has 1 amide bonds. The largest absolute Gasteiger partial charge is 0.497 e. The number of fused-ring (bicyclic) bond motifs is 1. The van der Waals surface area contributed by atoms with Crippen LogP contribution < -0.4 is 14.8 Å². The van der Waals surface area contributed by atoms with Gasteiger partial charge in [-0.15, -0.1) is 0 Å². The average molecular weight is 344 g/mol. The third-order valence-corrected chi connectivity index (χ3v) is 3.36. The maximum Gasteiger partial charge on any atom is 0.352 e. The third-order valence-electron chi connectivity index (χ3n) is 2.96. The molecule has 0 fully saturated rings. The lowest BCUT2D eigenvalue weighted by molar-refractivity contribution is -0.529. The van der Waals surface area contributed by atoms with Gasteiger partial charge in [0.2, 0.25) is 11.7 Å². The Bertz CT molecular complexity index is 521. The molecule has 1 heterocycles. The Morgan fingerprint density at radius 3 is 3.05 bits per heavy atom. The highest BCUT2D eigenvalue weighted by atomic mass is 79.9. The number of benzene rings is 1. The molecule has 0 radical (unpaired) electrons. The maximum absolute atomic E-state index is 12.0. The van der Waals surface area contributed by atoms with Crippen LogP contribution in [0.15, 0.2) is 18.2 Å². The molecular weight excluding hydrogens is 328 g/mol. The Morgan fingerprint density at radius 1 is 1.55 bits per heavy atom. The molecule has 2 rings (SSSR count). The smallest absolute Gasteiger partial charge is 0.352 e. The van der Waals surface area contributed by atoms with Gasteiger partial charge in [0.15, 0.2) is 0 Å². The van der Waals surface area contributed by atoms with E-state index in [0.717, 1.165) is 4.76 Å². The molecule has 7 heteroatoms. The van der Waals surface area contributed by atoms with Gasteiger partial charge >= 0.3 is 11.9 Å². The van der Waals surface area contributed by atoms with E-state index < -0.39 is 6.23 Å². The Labute approximate surface area is 125 Å². The first-order valence-corrected chi connectivity index (χ1v) is 7.41. The van der Waals surface area contributed by atoms with E-state index in [9.17, 15) is 9.70 Å². The monoisotopic (exact) mass is 343 g/mol. The summed E-state index contributed by atoms with van der Waals surface area (Å²) < 4.78 is 11.5. The van der Waals surface area contributed by atoms with Crippen molar-refractivity contribution in [2.75, 3.05) is 19.0 Å². The van der Waals surface area contributed by atoms with Crippen molar-refractivity contribution < 1.29 is 19.0 Å². The van der Waals surface area contributed by atoms with Gasteiger partial charge in [0.05, 0.1) is 18.3 Å². The first-order chi connectivity index (χ1) is 9.65. The fraction of sp³-hybridized carbons (Fsp3) is 0.462. The lowest BCUT2D eigenvalue weighted by Crippen LogP contribution is -2.30. The molecule has 1 unspecified atom stereocenters. The summed E-state index contributed by atoms with van der Waals surface area (Å²) in [5, 5.41) is 3.36. The van der Waals surface area contributed by atoms with Gasteiger partial charge in [-0.2, -0.15) is 0 Å². The van der Waals surface area contributed by atoms with Crippen molar-refractivity contribution in [2.24, 2.45) is 0 Å². The number of rotatable bonds is 6. The molecule has 0 spiro atoms. The van der Waals surface area contributed by atoms with E-state index in [1.165, 1.54) is 0 Å². The third kappa shape index (κ3) is 3.27. The predicted octanol–water partition coefficient (Wildman–Crippen LogP) is 2.12. The number of hydrogen-bond donors (Lipinski definition) is 1. The van der Waals surface area contributed by atoms with E-state index in [2.05, 4.69) is 21.2 Å². The standard InChI is InChI=1S/C13H15BrN2O4/c1-19-9-2-3-10-11(8-9)20-13(16(10)18)5-7-15-12(17)4-6-14/h2-3,8,13H,4-7H2,1H3/p+1. The van der Waals surface area contributed by atoms with Crippen molar-refractivity contribution in [3.63, 3.8) is 0 Å². The van der Waals surface area contributed by atoms with Crippen molar-refractivity contribution in [2.45, 2.75) is 19.1 Å². The normalized spacial score (nSPS) is 16.5. The fourth-order valence-corrected chi connectivity index (χ4v) is 2.29. The number of carbonyl (C=O) groups is 1. The second kappa shape index (κ2) is 6.69. The van der Waals surface area contributed by atoms with Crippen molar-refractivity contribution >= 4 is 27.5 Å². The molecule has 1 atom stereocenters. The molecular formula is C13H16BrN2O4+. The predicted molar refractivity (Wildman–Crippen MR) is 76.7 cm³/mol. The van der Waals surface area contributed by atoms with Gasteiger partial charge in [-0.1, -0.05) is 15.9 Å². The van der Waals surface area contributed by atoms with E-state index in [4.69, 9.17) is 9.47 Å². The van der Waals surface area contributed by atoms with Crippen molar-refractivity contribution in [3.8, 4) is 11.5 Å².